The summed E-state index contributed by atoms with van der Waals surface area (Å²) >= 11 is 0. The van der Waals surface area contributed by atoms with Gasteiger partial charge in [-0.15, -0.1) is 0 Å². The first-order chi connectivity index (χ1) is 20.1. The summed E-state index contributed by atoms with van der Waals surface area (Å²) in [5.41, 5.74) is -1.57. The van der Waals surface area contributed by atoms with E-state index in [-0.39, 0.29) is 55.4 Å². The number of halogens is 3. The first kappa shape index (κ1) is 30.7. The first-order valence-corrected chi connectivity index (χ1v) is 13.3. The number of methoxy groups -OCH3 is 1. The number of nitrogens with zero attached hydrogens (tertiary/aromatic N) is 6. The summed E-state index contributed by atoms with van der Waals surface area (Å²) in [6, 6.07) is 4.85. The zero-order chi connectivity index (χ0) is 30.4. The molecule has 0 unspecified atom stereocenters. The van der Waals surface area contributed by atoms with Crippen LogP contribution in [0.5, 0.6) is 0 Å². The standard InChI is InChI=1S/C27H31F3N6O6/c1-4-9-35-24(37)21-23(34(5-2)25(35)38)32-22(36(21)26(39)42-13-12-41-11-10-40-3)19-15-31-33(17-19)16-18-7-6-8-20(14-18)27(28,29)30/h6-8,14-15,17H,4-5,9-13,16H2,1-3H3. The summed E-state index contributed by atoms with van der Waals surface area (Å²) < 4.78 is 59.9. The Bertz CT molecular complexity index is 1670. The molecule has 0 fully saturated rings. The van der Waals surface area contributed by atoms with E-state index in [9.17, 15) is 27.6 Å². The number of benzene rings is 1. The molecular formula is C27H31F3N6O6. The lowest BCUT2D eigenvalue weighted by Crippen LogP contribution is -2.40. The minimum Gasteiger partial charge on any atom is -0.446 e. The topological polar surface area (TPSA) is 124 Å². The molecule has 0 saturated heterocycles. The molecule has 15 heteroatoms. The molecule has 0 spiro atoms. The maximum atomic E-state index is 13.5. The molecule has 0 atom stereocenters. The fourth-order valence-electron chi connectivity index (χ4n) is 4.41. The van der Waals surface area contributed by atoms with Crippen LogP contribution in [0.2, 0.25) is 0 Å². The van der Waals surface area contributed by atoms with Crippen LogP contribution in [0.4, 0.5) is 18.0 Å². The molecule has 3 heterocycles. The zero-order valence-corrected chi connectivity index (χ0v) is 23.4. The third kappa shape index (κ3) is 6.46. The predicted octanol–water partition coefficient (Wildman–Crippen LogP) is 3.37. The Hall–Kier alpha value is -4.24. The quantitative estimate of drug-likeness (QED) is 0.230. The number of rotatable bonds is 12. The van der Waals surface area contributed by atoms with Crippen molar-refractivity contribution in [3.05, 3.63) is 68.6 Å². The van der Waals surface area contributed by atoms with Gasteiger partial charge in [-0.05, 0) is 31.0 Å². The van der Waals surface area contributed by atoms with Crippen molar-refractivity contribution in [2.45, 2.75) is 46.1 Å². The molecule has 3 aromatic heterocycles. The van der Waals surface area contributed by atoms with Crippen LogP contribution in [0, 0.1) is 0 Å². The third-order valence-corrected chi connectivity index (χ3v) is 6.35. The lowest BCUT2D eigenvalue weighted by Gasteiger charge is -2.11. The van der Waals surface area contributed by atoms with Gasteiger partial charge in [-0.25, -0.2) is 19.1 Å². The molecule has 0 aliphatic carbocycles. The highest BCUT2D eigenvalue weighted by Crippen LogP contribution is 2.30. The Kier molecular flexibility index (Phi) is 9.63. The molecular weight excluding hydrogens is 561 g/mol. The number of aromatic nitrogens is 6. The predicted molar refractivity (Wildman–Crippen MR) is 145 cm³/mol. The minimum absolute atomic E-state index is 0.00359. The number of fused-ring (bicyclic) bond motifs is 1. The van der Waals surface area contributed by atoms with E-state index in [1.165, 1.54) is 40.9 Å². The van der Waals surface area contributed by atoms with Gasteiger partial charge >= 0.3 is 18.0 Å². The number of hydrogen-bond acceptors (Lipinski definition) is 8. The average molecular weight is 593 g/mol. The number of hydrogen-bond donors (Lipinski definition) is 0. The normalized spacial score (nSPS) is 11.9. The number of carbonyl (C=O) groups excluding carboxylic acids is 1. The maximum absolute atomic E-state index is 13.5. The zero-order valence-electron chi connectivity index (χ0n) is 23.4. The molecule has 0 aliphatic heterocycles. The van der Waals surface area contributed by atoms with Crippen LogP contribution in [-0.2, 0) is 40.0 Å². The van der Waals surface area contributed by atoms with Crippen LogP contribution in [0.3, 0.4) is 0 Å². The van der Waals surface area contributed by atoms with Crippen molar-refractivity contribution in [2.24, 2.45) is 0 Å². The summed E-state index contributed by atoms with van der Waals surface area (Å²) in [5, 5.41) is 4.23. The van der Waals surface area contributed by atoms with Crippen molar-refractivity contribution < 1.29 is 32.2 Å². The monoisotopic (exact) mass is 592 g/mol. The summed E-state index contributed by atoms with van der Waals surface area (Å²) in [5.74, 6) is -0.0152. The lowest BCUT2D eigenvalue weighted by atomic mass is 10.1. The van der Waals surface area contributed by atoms with Gasteiger partial charge in [0.05, 0.1) is 43.7 Å². The maximum Gasteiger partial charge on any atom is 0.420 e. The average Bonchev–Trinajstić information content (AvgIpc) is 3.58. The van der Waals surface area contributed by atoms with E-state index < -0.39 is 29.1 Å². The second-order valence-corrected chi connectivity index (χ2v) is 9.27. The number of imidazole rings is 1. The third-order valence-electron chi connectivity index (χ3n) is 6.35. The molecule has 0 amide bonds. The number of carbonyl (C=O) groups is 1. The lowest BCUT2D eigenvalue weighted by molar-refractivity contribution is -0.137. The number of aryl methyl sites for hydroxylation is 1. The molecule has 226 valence electrons. The van der Waals surface area contributed by atoms with Crippen molar-refractivity contribution >= 4 is 17.3 Å². The van der Waals surface area contributed by atoms with E-state index >= 15 is 0 Å². The van der Waals surface area contributed by atoms with Gasteiger partial charge < -0.3 is 14.2 Å². The van der Waals surface area contributed by atoms with E-state index in [0.717, 1.165) is 21.3 Å². The number of ether oxygens (including phenoxy) is 3. The Labute approximate surface area is 237 Å². The Morgan fingerprint density at radius 2 is 1.81 bits per heavy atom. The van der Waals surface area contributed by atoms with Crippen molar-refractivity contribution in [1.29, 1.82) is 0 Å². The minimum atomic E-state index is -4.49. The fourth-order valence-corrected chi connectivity index (χ4v) is 4.41. The summed E-state index contributed by atoms with van der Waals surface area (Å²) in [6.45, 7) is 4.42. The van der Waals surface area contributed by atoms with Crippen LogP contribution < -0.4 is 11.2 Å². The molecule has 1 aromatic carbocycles. The molecule has 4 aromatic rings. The SMILES string of the molecule is CCCn1c(=O)c2c(nc(-c3cnn(Cc4cccc(C(F)(F)F)c4)c3)n2C(=O)OCCOCCOC)n(CC)c1=O. The van der Waals surface area contributed by atoms with Crippen molar-refractivity contribution in [3.8, 4) is 11.4 Å². The highest BCUT2D eigenvalue weighted by molar-refractivity contribution is 5.90. The highest BCUT2D eigenvalue weighted by atomic mass is 19.4. The van der Waals surface area contributed by atoms with E-state index in [0.29, 0.717) is 25.2 Å². The molecule has 0 aliphatic rings. The van der Waals surface area contributed by atoms with Gasteiger partial charge in [-0.2, -0.15) is 18.3 Å². The molecule has 12 nitrogen and oxygen atoms in total. The first-order valence-electron chi connectivity index (χ1n) is 13.3. The van der Waals surface area contributed by atoms with Crippen molar-refractivity contribution in [3.63, 3.8) is 0 Å². The van der Waals surface area contributed by atoms with Gasteiger partial charge in [-0.3, -0.25) is 18.6 Å². The Morgan fingerprint density at radius 3 is 2.50 bits per heavy atom. The van der Waals surface area contributed by atoms with Crippen LogP contribution in [0.1, 0.15) is 31.4 Å². The molecule has 0 saturated carbocycles. The van der Waals surface area contributed by atoms with E-state index in [1.54, 1.807) is 6.92 Å². The molecule has 4 rings (SSSR count). The van der Waals surface area contributed by atoms with Gasteiger partial charge in [-0.1, -0.05) is 19.1 Å². The van der Waals surface area contributed by atoms with Gasteiger partial charge in [0.1, 0.15) is 6.61 Å². The van der Waals surface area contributed by atoms with E-state index in [4.69, 9.17) is 14.2 Å². The fraction of sp³-hybridized carbons (Fsp3) is 0.444. The molecule has 0 N–H and O–H groups in total. The van der Waals surface area contributed by atoms with Crippen molar-refractivity contribution in [2.75, 3.05) is 33.5 Å². The van der Waals surface area contributed by atoms with Gasteiger partial charge in [0.25, 0.3) is 5.56 Å². The van der Waals surface area contributed by atoms with E-state index in [2.05, 4.69) is 10.1 Å². The van der Waals surface area contributed by atoms with Crippen LogP contribution >= 0.6 is 0 Å². The second kappa shape index (κ2) is 13.2. The number of alkyl halides is 3. The second-order valence-electron chi connectivity index (χ2n) is 9.27. The Balaban J connectivity index is 1.77. The van der Waals surface area contributed by atoms with Crippen molar-refractivity contribution in [1.82, 2.24) is 28.5 Å². The molecule has 42 heavy (non-hydrogen) atoms. The summed E-state index contributed by atoms with van der Waals surface area (Å²) in [7, 11) is 1.53. The van der Waals surface area contributed by atoms with Crippen LogP contribution in [0.25, 0.3) is 22.6 Å². The summed E-state index contributed by atoms with van der Waals surface area (Å²) in [4.78, 5) is 44.5. The largest absolute Gasteiger partial charge is 0.446 e. The van der Waals surface area contributed by atoms with Crippen LogP contribution in [-0.4, -0.2) is 68.1 Å². The highest BCUT2D eigenvalue weighted by Gasteiger charge is 2.30. The summed E-state index contributed by atoms with van der Waals surface area (Å²) in [6.07, 6.45) is -2.07. The van der Waals surface area contributed by atoms with Gasteiger partial charge in [0.2, 0.25) is 0 Å². The van der Waals surface area contributed by atoms with E-state index in [1.807, 2.05) is 6.92 Å². The Morgan fingerprint density at radius 1 is 1.05 bits per heavy atom. The molecule has 0 bridgehead atoms. The van der Waals surface area contributed by atoms with Crippen LogP contribution in [0.15, 0.2) is 46.2 Å². The van der Waals surface area contributed by atoms with Gasteiger partial charge in [0, 0.05) is 26.4 Å². The van der Waals surface area contributed by atoms with Gasteiger partial charge in [0.15, 0.2) is 17.0 Å². The molecule has 0 radical (unpaired) electrons. The smallest absolute Gasteiger partial charge is 0.420 e.